The molecule has 0 spiro atoms. The van der Waals surface area contributed by atoms with Gasteiger partial charge < -0.3 is 0 Å². The fraction of sp³-hybridized carbons (Fsp3) is 0.0217. The number of hydrogen-bond acceptors (Lipinski definition) is 9. The van der Waals surface area contributed by atoms with Crippen LogP contribution in [-0.4, -0.2) is 49.4 Å². The first-order valence-corrected chi connectivity index (χ1v) is 18.1. The summed E-state index contributed by atoms with van der Waals surface area (Å²) in [4.78, 5) is 42.9. The zero-order valence-electron chi connectivity index (χ0n) is 30.1. The van der Waals surface area contributed by atoms with E-state index in [-0.39, 0.29) is 0 Å². The van der Waals surface area contributed by atoms with Crippen LogP contribution in [0, 0.1) is 6.92 Å². The fourth-order valence-corrected chi connectivity index (χ4v) is 6.97. The number of aryl methyl sites for hydroxylation is 1. The molecule has 0 fully saturated rings. The average molecular weight is 723 g/mol. The van der Waals surface area contributed by atoms with E-state index in [0.29, 0.717) is 46.2 Å². The van der Waals surface area contributed by atoms with Crippen molar-refractivity contribution in [2.45, 2.75) is 6.92 Å². The second kappa shape index (κ2) is 13.9. The van der Waals surface area contributed by atoms with Gasteiger partial charge >= 0.3 is 0 Å². The lowest BCUT2D eigenvalue weighted by atomic mass is 9.98. The molecule has 0 aliphatic carbocycles. The van der Waals surface area contributed by atoms with Crippen molar-refractivity contribution in [3.8, 4) is 74.0 Å². The Balaban J connectivity index is 1.11. The molecule has 0 atom stereocenters. The Morgan fingerprint density at radius 2 is 1.02 bits per heavy atom. The SMILES string of the molecule is Cc1cnc(-c2cc(-c3cnccn3)nc(-n3c4ccccc4c4c(-c5ccc(-c6nc(-c7ccccc7)nc(-c7ccccc7)n6)cc5)cccc43)n2)cn1. The third-order valence-electron chi connectivity index (χ3n) is 9.63. The summed E-state index contributed by atoms with van der Waals surface area (Å²) in [6, 6.07) is 45.0. The van der Waals surface area contributed by atoms with Gasteiger partial charge in [0.1, 0.15) is 11.4 Å². The zero-order chi connectivity index (χ0) is 37.4. The first kappa shape index (κ1) is 32.8. The van der Waals surface area contributed by atoms with Gasteiger partial charge in [-0.3, -0.25) is 24.5 Å². The van der Waals surface area contributed by atoms with Gasteiger partial charge in [0.25, 0.3) is 0 Å². The molecule has 0 amide bonds. The Morgan fingerprint density at radius 3 is 1.64 bits per heavy atom. The normalized spacial score (nSPS) is 11.3. The maximum Gasteiger partial charge on any atom is 0.235 e. The highest BCUT2D eigenvalue weighted by Crippen LogP contribution is 2.39. The van der Waals surface area contributed by atoms with E-state index in [2.05, 4.69) is 85.2 Å². The molecule has 5 aromatic carbocycles. The molecule has 264 valence electrons. The van der Waals surface area contributed by atoms with Crippen LogP contribution >= 0.6 is 0 Å². The summed E-state index contributed by atoms with van der Waals surface area (Å²) in [6.45, 7) is 1.91. The van der Waals surface area contributed by atoms with E-state index < -0.39 is 0 Å². The number of nitrogens with zero attached hydrogens (tertiary/aromatic N) is 10. The van der Waals surface area contributed by atoms with Gasteiger partial charge in [-0.05, 0) is 36.2 Å². The first-order chi connectivity index (χ1) is 27.7. The summed E-state index contributed by atoms with van der Waals surface area (Å²) >= 11 is 0. The Hall–Kier alpha value is -7.85. The molecule has 10 aromatic rings. The van der Waals surface area contributed by atoms with E-state index in [1.807, 2.05) is 79.7 Å². The van der Waals surface area contributed by atoms with Gasteiger partial charge in [-0.15, -0.1) is 0 Å². The molecule has 5 aromatic heterocycles. The highest BCUT2D eigenvalue weighted by molar-refractivity contribution is 6.15. The van der Waals surface area contributed by atoms with E-state index >= 15 is 0 Å². The lowest BCUT2D eigenvalue weighted by Crippen LogP contribution is -2.05. The van der Waals surface area contributed by atoms with Gasteiger partial charge in [0, 0.05) is 46.1 Å². The smallest absolute Gasteiger partial charge is 0.235 e. The number of fused-ring (bicyclic) bond motifs is 3. The highest BCUT2D eigenvalue weighted by atomic mass is 15.2. The minimum atomic E-state index is 0.488. The molecule has 0 saturated carbocycles. The van der Waals surface area contributed by atoms with Gasteiger partial charge in [-0.25, -0.2) is 24.9 Å². The van der Waals surface area contributed by atoms with Crippen molar-refractivity contribution < 1.29 is 0 Å². The Kier molecular flexibility index (Phi) is 8.11. The van der Waals surface area contributed by atoms with E-state index in [4.69, 9.17) is 24.9 Å². The van der Waals surface area contributed by atoms with Crippen LogP contribution in [0.25, 0.3) is 95.8 Å². The molecule has 56 heavy (non-hydrogen) atoms. The molecule has 0 aliphatic rings. The molecule has 0 unspecified atom stereocenters. The number of aromatic nitrogens is 10. The van der Waals surface area contributed by atoms with Crippen molar-refractivity contribution in [3.05, 3.63) is 170 Å². The molecule has 10 rings (SSSR count). The van der Waals surface area contributed by atoms with Crippen molar-refractivity contribution in [2.24, 2.45) is 0 Å². The second-order valence-electron chi connectivity index (χ2n) is 13.2. The molecule has 5 heterocycles. The van der Waals surface area contributed by atoms with E-state index in [0.717, 1.165) is 55.3 Å². The third kappa shape index (κ3) is 6.01. The van der Waals surface area contributed by atoms with Crippen molar-refractivity contribution >= 4 is 21.8 Å². The van der Waals surface area contributed by atoms with E-state index in [1.54, 1.807) is 31.0 Å². The molecule has 0 bridgehead atoms. The summed E-state index contributed by atoms with van der Waals surface area (Å²) < 4.78 is 2.11. The Morgan fingerprint density at radius 1 is 0.429 bits per heavy atom. The van der Waals surface area contributed by atoms with Crippen molar-refractivity contribution in [1.29, 1.82) is 0 Å². The maximum atomic E-state index is 5.09. The molecule has 10 nitrogen and oxygen atoms in total. The number of para-hydroxylation sites is 1. The lowest BCUT2D eigenvalue weighted by Gasteiger charge is -2.11. The zero-order valence-corrected chi connectivity index (χ0v) is 30.1. The lowest BCUT2D eigenvalue weighted by molar-refractivity contribution is 0.983. The van der Waals surface area contributed by atoms with Crippen LogP contribution in [-0.2, 0) is 0 Å². The van der Waals surface area contributed by atoms with Crippen molar-refractivity contribution in [3.63, 3.8) is 0 Å². The molecule has 10 heteroatoms. The van der Waals surface area contributed by atoms with Gasteiger partial charge in [0.15, 0.2) is 17.5 Å². The Bertz CT molecular complexity index is 2950. The minimum absolute atomic E-state index is 0.488. The van der Waals surface area contributed by atoms with Crippen LogP contribution in [0.1, 0.15) is 5.69 Å². The second-order valence-corrected chi connectivity index (χ2v) is 13.2. The van der Waals surface area contributed by atoms with Crippen LogP contribution in [0.4, 0.5) is 0 Å². The van der Waals surface area contributed by atoms with Crippen LogP contribution in [0.3, 0.4) is 0 Å². The van der Waals surface area contributed by atoms with Crippen LogP contribution in [0.2, 0.25) is 0 Å². The van der Waals surface area contributed by atoms with Crippen LogP contribution in [0.15, 0.2) is 164 Å². The first-order valence-electron chi connectivity index (χ1n) is 18.1. The summed E-state index contributed by atoms with van der Waals surface area (Å²) in [7, 11) is 0. The third-order valence-corrected chi connectivity index (χ3v) is 9.63. The van der Waals surface area contributed by atoms with Gasteiger partial charge in [-0.2, -0.15) is 0 Å². The molecule has 0 radical (unpaired) electrons. The Labute approximate surface area is 321 Å². The summed E-state index contributed by atoms with van der Waals surface area (Å²) in [5, 5.41) is 2.16. The van der Waals surface area contributed by atoms with Gasteiger partial charge in [0.05, 0.1) is 40.5 Å². The number of rotatable bonds is 7. The number of hydrogen-bond donors (Lipinski definition) is 0. The molecular formula is C46H30N10. The fourth-order valence-electron chi connectivity index (χ4n) is 6.97. The molecule has 0 saturated heterocycles. The largest absolute Gasteiger partial charge is 0.278 e. The number of benzene rings is 5. The summed E-state index contributed by atoms with van der Waals surface area (Å²) in [5.41, 5.74) is 10.1. The molecule has 0 aliphatic heterocycles. The molecule has 0 N–H and O–H groups in total. The summed E-state index contributed by atoms with van der Waals surface area (Å²) in [6.07, 6.45) is 8.48. The minimum Gasteiger partial charge on any atom is -0.278 e. The highest BCUT2D eigenvalue weighted by Gasteiger charge is 2.20. The van der Waals surface area contributed by atoms with E-state index in [9.17, 15) is 0 Å². The maximum absolute atomic E-state index is 5.09. The standard InChI is InChI=1S/C46H30N10/c1-29-26-50-39(28-49-29)37-25-36(38-27-47-23-24-48-38)51-46(52-37)56-40-17-9-8-15-35(40)42-34(16-10-18-41(42)56)30-19-21-33(22-20-30)45-54-43(31-11-4-2-5-12-31)53-44(55-45)32-13-6-3-7-14-32/h2-28H,1H3. The van der Waals surface area contributed by atoms with Crippen molar-refractivity contribution in [1.82, 2.24) is 49.4 Å². The topological polar surface area (TPSA) is 121 Å². The van der Waals surface area contributed by atoms with Crippen LogP contribution < -0.4 is 0 Å². The predicted molar refractivity (Wildman–Crippen MR) is 218 cm³/mol. The predicted octanol–water partition coefficient (Wildman–Crippen LogP) is 9.65. The van der Waals surface area contributed by atoms with Gasteiger partial charge in [0.2, 0.25) is 5.95 Å². The average Bonchev–Trinajstić information content (AvgIpc) is 3.62. The quantitative estimate of drug-likeness (QED) is 0.158. The van der Waals surface area contributed by atoms with Crippen LogP contribution in [0.5, 0.6) is 0 Å². The van der Waals surface area contributed by atoms with E-state index in [1.165, 1.54) is 0 Å². The summed E-state index contributed by atoms with van der Waals surface area (Å²) in [5.74, 6) is 2.34. The molecular weight excluding hydrogens is 693 g/mol. The van der Waals surface area contributed by atoms with Gasteiger partial charge in [-0.1, -0.05) is 115 Å². The monoisotopic (exact) mass is 722 g/mol. The van der Waals surface area contributed by atoms with Crippen molar-refractivity contribution in [2.75, 3.05) is 0 Å².